The Bertz CT molecular complexity index is 2190. The molecule has 2 fully saturated rings. The molecular formula is C50H74N4O10. The van der Waals surface area contributed by atoms with Crippen molar-refractivity contribution in [2.45, 2.75) is 126 Å². The number of ether oxygens (including phenoxy) is 4. The Morgan fingerprint density at radius 3 is 1.48 bits per heavy atom. The summed E-state index contributed by atoms with van der Waals surface area (Å²) < 4.78 is 30.3. The van der Waals surface area contributed by atoms with E-state index in [1.807, 2.05) is 81.4 Å². The Labute approximate surface area is 379 Å². The number of amides is 2. The zero-order valence-corrected chi connectivity index (χ0v) is 40.2. The molecule has 3 aromatic rings. The molecule has 2 N–H and O–H groups in total. The molecule has 0 aliphatic carbocycles. The number of allylic oxidation sites excluding steroid dienone is 4. The van der Waals surface area contributed by atoms with Gasteiger partial charge in [0.25, 0.3) is 0 Å². The first-order valence-electron chi connectivity index (χ1n) is 23.1. The van der Waals surface area contributed by atoms with Gasteiger partial charge in [0, 0.05) is 75.6 Å². The Balaban J connectivity index is 1.30. The molecule has 0 unspecified atom stereocenters. The minimum absolute atomic E-state index is 0.0745. The van der Waals surface area contributed by atoms with Gasteiger partial charge in [-0.15, -0.1) is 0 Å². The normalized spacial score (nSPS) is 15.4. The molecular weight excluding hydrogens is 817 g/mol. The molecule has 0 spiro atoms. The van der Waals surface area contributed by atoms with E-state index in [0.717, 1.165) is 76.1 Å². The summed E-state index contributed by atoms with van der Waals surface area (Å²) in [5.41, 5.74) is 2.83. The number of carbonyl (C=O) groups is 2. The molecule has 1 aromatic heterocycles. The van der Waals surface area contributed by atoms with E-state index in [0.29, 0.717) is 91.4 Å². The molecule has 5 rings (SSSR count). The van der Waals surface area contributed by atoms with Crippen LogP contribution < -0.4 is 14.9 Å². The number of hydrogen-bond acceptors (Lipinski definition) is 12. The highest BCUT2D eigenvalue weighted by atomic mass is 16.6. The van der Waals surface area contributed by atoms with Crippen molar-refractivity contribution in [1.29, 1.82) is 0 Å². The second-order valence-corrected chi connectivity index (χ2v) is 19.6. The minimum Gasteiger partial charge on any atom is -0.507 e. The lowest BCUT2D eigenvalue weighted by Crippen LogP contribution is -2.50. The Morgan fingerprint density at radius 2 is 1.06 bits per heavy atom. The Morgan fingerprint density at radius 1 is 0.641 bits per heavy atom. The molecule has 2 aromatic carbocycles. The van der Waals surface area contributed by atoms with Crippen LogP contribution in [0.5, 0.6) is 17.2 Å². The average molecular weight is 891 g/mol. The summed E-state index contributed by atoms with van der Waals surface area (Å²) in [5, 5.41) is 23.0. The first-order valence-corrected chi connectivity index (χ1v) is 23.1. The molecule has 2 saturated heterocycles. The van der Waals surface area contributed by atoms with Crippen LogP contribution in [0, 0.1) is 0 Å². The highest BCUT2D eigenvalue weighted by Crippen LogP contribution is 2.39. The lowest BCUT2D eigenvalue weighted by Gasteiger charge is -2.35. The maximum Gasteiger partial charge on any atom is 0.410 e. The quantitative estimate of drug-likeness (QED) is 0.0758. The topological polar surface area (TPSA) is 155 Å². The van der Waals surface area contributed by atoms with Crippen LogP contribution >= 0.6 is 0 Å². The monoisotopic (exact) mass is 891 g/mol. The van der Waals surface area contributed by atoms with Crippen LogP contribution in [0.2, 0.25) is 0 Å². The van der Waals surface area contributed by atoms with E-state index in [-0.39, 0.29) is 40.9 Å². The Hall–Kier alpha value is -4.79. The molecule has 64 heavy (non-hydrogen) atoms. The van der Waals surface area contributed by atoms with Gasteiger partial charge in [-0.3, -0.25) is 14.6 Å². The number of benzene rings is 2. The van der Waals surface area contributed by atoms with E-state index >= 15 is 0 Å². The van der Waals surface area contributed by atoms with Gasteiger partial charge >= 0.3 is 12.2 Å². The van der Waals surface area contributed by atoms with Gasteiger partial charge in [0.1, 0.15) is 45.0 Å². The molecule has 14 nitrogen and oxygen atoms in total. The van der Waals surface area contributed by atoms with Crippen molar-refractivity contribution in [3.05, 3.63) is 62.3 Å². The van der Waals surface area contributed by atoms with Crippen LogP contribution in [-0.2, 0) is 28.9 Å². The maximum absolute atomic E-state index is 14.6. The predicted molar refractivity (Wildman–Crippen MR) is 252 cm³/mol. The van der Waals surface area contributed by atoms with Crippen LogP contribution in [0.15, 0.2) is 44.6 Å². The summed E-state index contributed by atoms with van der Waals surface area (Å²) in [4.78, 5) is 47.8. The molecule has 0 bridgehead atoms. The number of phenols is 1. The van der Waals surface area contributed by atoms with Crippen molar-refractivity contribution in [3.8, 4) is 17.2 Å². The molecule has 2 aliphatic heterocycles. The summed E-state index contributed by atoms with van der Waals surface area (Å²) in [6.07, 6.45) is 7.46. The minimum atomic E-state index is -0.523. The highest BCUT2D eigenvalue weighted by Gasteiger charge is 2.28. The van der Waals surface area contributed by atoms with Gasteiger partial charge in [-0.2, -0.15) is 0 Å². The van der Waals surface area contributed by atoms with Crippen LogP contribution in [-0.4, -0.2) is 132 Å². The second kappa shape index (κ2) is 22.4. The molecule has 0 atom stereocenters. The van der Waals surface area contributed by atoms with Crippen molar-refractivity contribution in [3.63, 3.8) is 0 Å². The van der Waals surface area contributed by atoms with E-state index in [2.05, 4.69) is 9.80 Å². The number of unbranched alkanes of at least 4 members (excludes halogenated alkanes) is 2. The average Bonchev–Trinajstić information content (AvgIpc) is 3.21. The van der Waals surface area contributed by atoms with Gasteiger partial charge in [0.05, 0.1) is 25.2 Å². The number of carbonyl (C=O) groups excluding carboxylic acids is 2. The van der Waals surface area contributed by atoms with Gasteiger partial charge in [-0.1, -0.05) is 23.3 Å². The number of hydrogen-bond donors (Lipinski definition) is 2. The fourth-order valence-electron chi connectivity index (χ4n) is 7.93. The number of aliphatic hydroxyl groups excluding tert-OH is 1. The zero-order valence-electron chi connectivity index (χ0n) is 40.2. The number of phenolic OH excluding ortho intramolecular Hbond substituents is 1. The number of rotatable bonds is 17. The molecule has 3 heterocycles. The van der Waals surface area contributed by atoms with Gasteiger partial charge in [-0.05, 0) is 126 Å². The number of fused-ring (bicyclic) bond motifs is 2. The first-order chi connectivity index (χ1) is 30.2. The SMILES string of the molecule is CC(C)=CCc1c(OCCCCN2CCN(C(=O)OC(C)(C)C)CC2)cc2oc3cc(OCCCCN4CCN(C(=O)OC(C)(C)C)CC4)c(CO)c(CC=C(C)C)c3c(=O)c2c1O. The van der Waals surface area contributed by atoms with Gasteiger partial charge < -0.3 is 43.4 Å². The summed E-state index contributed by atoms with van der Waals surface area (Å²) in [6.45, 7) is 26.9. The summed E-state index contributed by atoms with van der Waals surface area (Å²) in [6, 6.07) is 3.40. The lowest BCUT2D eigenvalue weighted by molar-refractivity contribution is 0.0134. The molecule has 2 amide bonds. The third kappa shape index (κ3) is 14.1. The van der Waals surface area contributed by atoms with Crippen molar-refractivity contribution in [2.24, 2.45) is 0 Å². The van der Waals surface area contributed by atoms with E-state index < -0.39 is 11.2 Å². The number of piperazine rings is 2. The highest BCUT2D eigenvalue weighted by molar-refractivity contribution is 5.97. The Kier molecular flexibility index (Phi) is 17.6. The number of nitrogens with zero attached hydrogens (tertiary/aromatic N) is 4. The fourth-order valence-corrected chi connectivity index (χ4v) is 7.93. The molecule has 14 heteroatoms. The van der Waals surface area contributed by atoms with E-state index in [1.54, 1.807) is 21.9 Å². The van der Waals surface area contributed by atoms with Crippen LogP contribution in [0.25, 0.3) is 21.9 Å². The maximum atomic E-state index is 14.6. The van der Waals surface area contributed by atoms with Crippen molar-refractivity contribution in [1.82, 2.24) is 19.6 Å². The second-order valence-electron chi connectivity index (χ2n) is 19.6. The first kappa shape index (κ1) is 50.2. The molecule has 0 radical (unpaired) electrons. The smallest absolute Gasteiger partial charge is 0.410 e. The van der Waals surface area contributed by atoms with Gasteiger partial charge in [-0.25, -0.2) is 9.59 Å². The zero-order chi connectivity index (χ0) is 46.8. The van der Waals surface area contributed by atoms with E-state index in [1.165, 1.54) is 0 Å². The third-order valence-electron chi connectivity index (χ3n) is 11.4. The third-order valence-corrected chi connectivity index (χ3v) is 11.4. The predicted octanol–water partition coefficient (Wildman–Crippen LogP) is 8.58. The number of aliphatic hydroxyl groups is 1. The lowest BCUT2D eigenvalue weighted by atomic mass is 9.95. The summed E-state index contributed by atoms with van der Waals surface area (Å²) in [5.74, 6) is 0.733. The van der Waals surface area contributed by atoms with Gasteiger partial charge in [0.15, 0.2) is 0 Å². The van der Waals surface area contributed by atoms with Crippen molar-refractivity contribution < 1.29 is 43.2 Å². The molecule has 354 valence electrons. The van der Waals surface area contributed by atoms with Crippen LogP contribution in [0.1, 0.15) is 112 Å². The standard InChI is InChI=1S/C50H74N4O10/c1-34(2)15-17-36-38(33-55)40(61-30-14-12-20-52-23-27-54(28-24-52)48(59)64-50(8,9)10)32-41-43(36)46(57)44-42(62-41)31-39(37(45(44)56)18-16-35(3)4)60-29-13-11-19-51-21-25-53(26-22-51)47(58)63-49(5,6)7/h15-16,31-32,55-56H,11-14,17-30,33H2,1-10H3. The number of aromatic hydroxyl groups is 1. The largest absolute Gasteiger partial charge is 0.507 e. The molecule has 0 saturated carbocycles. The van der Waals surface area contributed by atoms with Crippen molar-refractivity contribution in [2.75, 3.05) is 78.7 Å². The summed E-state index contributed by atoms with van der Waals surface area (Å²) >= 11 is 0. The van der Waals surface area contributed by atoms with Crippen molar-refractivity contribution >= 4 is 34.1 Å². The molecule has 2 aliphatic rings. The van der Waals surface area contributed by atoms with Crippen LogP contribution in [0.3, 0.4) is 0 Å². The van der Waals surface area contributed by atoms with Crippen LogP contribution in [0.4, 0.5) is 9.59 Å². The fraction of sp³-hybridized carbons (Fsp3) is 0.620. The van der Waals surface area contributed by atoms with Gasteiger partial charge in [0.2, 0.25) is 5.43 Å². The van der Waals surface area contributed by atoms with E-state index in [9.17, 15) is 24.6 Å². The van der Waals surface area contributed by atoms with E-state index in [4.69, 9.17) is 23.4 Å². The summed E-state index contributed by atoms with van der Waals surface area (Å²) in [7, 11) is 0.